The van der Waals surface area contributed by atoms with Gasteiger partial charge in [-0.2, -0.15) is 0 Å². The second-order valence-corrected chi connectivity index (χ2v) is 5.48. The second kappa shape index (κ2) is 5.37. The molecule has 0 aliphatic heterocycles. The predicted octanol–water partition coefficient (Wildman–Crippen LogP) is 4.29. The van der Waals surface area contributed by atoms with Gasteiger partial charge in [0.15, 0.2) is 4.67 Å². The van der Waals surface area contributed by atoms with Crippen LogP contribution < -0.4 is 0 Å². The van der Waals surface area contributed by atoms with Crippen LogP contribution in [0.4, 0.5) is 0 Å². The normalized spacial score (nSPS) is 27.9. The van der Waals surface area contributed by atoms with E-state index < -0.39 is 6.10 Å². The first-order chi connectivity index (χ1) is 7.72. The van der Waals surface area contributed by atoms with Gasteiger partial charge in [-0.15, -0.1) is 0 Å². The highest BCUT2D eigenvalue weighted by Gasteiger charge is 2.32. The highest BCUT2D eigenvalue weighted by atomic mass is 79.9. The molecule has 1 heterocycles. The molecule has 1 saturated carbocycles. The van der Waals surface area contributed by atoms with Crippen molar-refractivity contribution in [1.82, 2.24) is 0 Å². The summed E-state index contributed by atoms with van der Waals surface area (Å²) in [5, 5.41) is 10.3. The van der Waals surface area contributed by atoms with Crippen LogP contribution in [0, 0.1) is 11.8 Å². The average molecular weight is 287 g/mol. The zero-order chi connectivity index (χ0) is 11.5. The first kappa shape index (κ1) is 12.2. The Labute approximate surface area is 105 Å². The van der Waals surface area contributed by atoms with Gasteiger partial charge in [-0.1, -0.05) is 32.6 Å². The largest absolute Gasteiger partial charge is 0.452 e. The first-order valence-electron chi connectivity index (χ1n) is 6.15. The number of hydrogen-bond donors (Lipinski definition) is 1. The summed E-state index contributed by atoms with van der Waals surface area (Å²) >= 11 is 3.28. The van der Waals surface area contributed by atoms with Crippen molar-refractivity contribution in [3.8, 4) is 0 Å². The molecule has 0 saturated heterocycles. The van der Waals surface area contributed by atoms with Gasteiger partial charge in [-0.3, -0.25) is 0 Å². The summed E-state index contributed by atoms with van der Waals surface area (Å²) in [6, 6.07) is 3.72. The topological polar surface area (TPSA) is 33.4 Å². The van der Waals surface area contributed by atoms with E-state index in [2.05, 4.69) is 22.9 Å². The Balaban J connectivity index is 2.10. The molecule has 16 heavy (non-hydrogen) atoms. The summed E-state index contributed by atoms with van der Waals surface area (Å²) in [4.78, 5) is 0. The molecule has 2 rings (SSSR count). The van der Waals surface area contributed by atoms with Crippen molar-refractivity contribution in [1.29, 1.82) is 0 Å². The van der Waals surface area contributed by atoms with E-state index in [1.165, 1.54) is 19.3 Å². The van der Waals surface area contributed by atoms with E-state index in [4.69, 9.17) is 4.42 Å². The second-order valence-electron chi connectivity index (χ2n) is 4.70. The molecule has 1 aromatic heterocycles. The van der Waals surface area contributed by atoms with E-state index in [9.17, 15) is 5.11 Å². The van der Waals surface area contributed by atoms with Gasteiger partial charge in [0.2, 0.25) is 0 Å². The van der Waals surface area contributed by atoms with Crippen LogP contribution in [-0.4, -0.2) is 5.11 Å². The lowest BCUT2D eigenvalue weighted by atomic mass is 9.74. The lowest BCUT2D eigenvalue weighted by Crippen LogP contribution is -2.25. The van der Waals surface area contributed by atoms with Crippen LogP contribution in [0.2, 0.25) is 0 Å². The van der Waals surface area contributed by atoms with Crippen molar-refractivity contribution in [3.05, 3.63) is 22.6 Å². The Morgan fingerprint density at radius 1 is 1.44 bits per heavy atom. The third-order valence-corrected chi connectivity index (χ3v) is 4.21. The monoisotopic (exact) mass is 286 g/mol. The van der Waals surface area contributed by atoms with Gasteiger partial charge in [-0.25, -0.2) is 0 Å². The minimum atomic E-state index is -0.434. The molecule has 3 unspecified atom stereocenters. The fourth-order valence-electron chi connectivity index (χ4n) is 2.86. The molecule has 90 valence electrons. The standard InChI is InChI=1S/C13H19BrO2/c1-2-9-5-3-4-6-10(9)13(15)11-7-8-12(14)16-11/h7-10,13,15H,2-6H2,1H3. The van der Waals surface area contributed by atoms with Crippen LogP contribution in [0.5, 0.6) is 0 Å². The Kier molecular flexibility index (Phi) is 4.09. The van der Waals surface area contributed by atoms with E-state index in [-0.39, 0.29) is 0 Å². The average Bonchev–Trinajstić information content (AvgIpc) is 2.75. The van der Waals surface area contributed by atoms with Gasteiger partial charge in [0.1, 0.15) is 11.9 Å². The van der Waals surface area contributed by atoms with Gasteiger partial charge < -0.3 is 9.52 Å². The molecule has 1 fully saturated rings. The Bertz CT molecular complexity index is 334. The van der Waals surface area contributed by atoms with Crippen LogP contribution in [0.15, 0.2) is 21.2 Å². The number of hydrogen-bond acceptors (Lipinski definition) is 2. The number of aliphatic hydroxyl groups is 1. The van der Waals surface area contributed by atoms with Gasteiger partial charge in [0.05, 0.1) is 0 Å². The van der Waals surface area contributed by atoms with E-state index in [1.807, 2.05) is 12.1 Å². The molecule has 1 N–H and O–H groups in total. The van der Waals surface area contributed by atoms with Crippen molar-refractivity contribution in [3.63, 3.8) is 0 Å². The Hall–Kier alpha value is -0.280. The summed E-state index contributed by atoms with van der Waals surface area (Å²) in [6.07, 6.45) is 5.64. The van der Waals surface area contributed by atoms with Gasteiger partial charge in [0, 0.05) is 0 Å². The summed E-state index contributed by atoms with van der Waals surface area (Å²) in [7, 11) is 0. The van der Waals surface area contributed by atoms with Crippen LogP contribution in [-0.2, 0) is 0 Å². The predicted molar refractivity (Wildman–Crippen MR) is 67.1 cm³/mol. The highest BCUT2D eigenvalue weighted by molar-refractivity contribution is 9.10. The Morgan fingerprint density at radius 2 is 2.19 bits per heavy atom. The first-order valence-corrected chi connectivity index (χ1v) is 6.95. The fourth-order valence-corrected chi connectivity index (χ4v) is 3.18. The summed E-state index contributed by atoms with van der Waals surface area (Å²) in [5.74, 6) is 1.72. The third-order valence-electron chi connectivity index (χ3n) is 3.78. The molecular weight excluding hydrogens is 268 g/mol. The van der Waals surface area contributed by atoms with E-state index in [0.29, 0.717) is 22.3 Å². The lowest BCUT2D eigenvalue weighted by molar-refractivity contribution is 0.0292. The maximum Gasteiger partial charge on any atom is 0.169 e. The molecule has 2 nitrogen and oxygen atoms in total. The van der Waals surface area contributed by atoms with E-state index >= 15 is 0 Å². The fraction of sp³-hybridized carbons (Fsp3) is 0.692. The molecule has 3 heteroatoms. The molecule has 0 bridgehead atoms. The molecule has 1 aromatic rings. The SMILES string of the molecule is CCC1CCCCC1C(O)c1ccc(Br)o1. The Morgan fingerprint density at radius 3 is 2.81 bits per heavy atom. The minimum Gasteiger partial charge on any atom is -0.452 e. The molecule has 0 aromatic carbocycles. The molecule has 0 radical (unpaired) electrons. The zero-order valence-corrected chi connectivity index (χ0v) is 11.2. The number of furan rings is 1. The van der Waals surface area contributed by atoms with E-state index in [0.717, 1.165) is 12.8 Å². The lowest BCUT2D eigenvalue weighted by Gasteiger charge is -2.33. The van der Waals surface area contributed by atoms with Crippen molar-refractivity contribution >= 4 is 15.9 Å². The number of rotatable bonds is 3. The van der Waals surface area contributed by atoms with Gasteiger partial charge in [-0.05, 0) is 46.3 Å². The quantitative estimate of drug-likeness (QED) is 0.899. The number of halogens is 1. The minimum absolute atomic E-state index is 0.372. The van der Waals surface area contributed by atoms with Crippen molar-refractivity contribution in [2.75, 3.05) is 0 Å². The van der Waals surface area contributed by atoms with Crippen LogP contribution in [0.1, 0.15) is 50.9 Å². The van der Waals surface area contributed by atoms with Crippen LogP contribution in [0.3, 0.4) is 0 Å². The summed E-state index contributed by atoms with van der Waals surface area (Å²) in [6.45, 7) is 2.22. The zero-order valence-electron chi connectivity index (χ0n) is 9.66. The molecule has 0 amide bonds. The smallest absolute Gasteiger partial charge is 0.169 e. The molecule has 3 atom stereocenters. The van der Waals surface area contributed by atoms with Crippen molar-refractivity contribution in [2.24, 2.45) is 11.8 Å². The maximum absolute atomic E-state index is 10.3. The molecule has 1 aliphatic carbocycles. The summed E-state index contributed by atoms with van der Waals surface area (Å²) < 4.78 is 6.16. The maximum atomic E-state index is 10.3. The molecule has 1 aliphatic rings. The molecule has 0 spiro atoms. The number of aliphatic hydroxyl groups excluding tert-OH is 1. The van der Waals surface area contributed by atoms with Crippen LogP contribution in [0.25, 0.3) is 0 Å². The van der Waals surface area contributed by atoms with Crippen LogP contribution >= 0.6 is 15.9 Å². The van der Waals surface area contributed by atoms with Crippen molar-refractivity contribution < 1.29 is 9.52 Å². The van der Waals surface area contributed by atoms with Gasteiger partial charge in [0.25, 0.3) is 0 Å². The van der Waals surface area contributed by atoms with Gasteiger partial charge >= 0.3 is 0 Å². The highest BCUT2D eigenvalue weighted by Crippen LogP contribution is 2.40. The van der Waals surface area contributed by atoms with E-state index in [1.54, 1.807) is 0 Å². The summed E-state index contributed by atoms with van der Waals surface area (Å²) in [5.41, 5.74) is 0. The third kappa shape index (κ3) is 2.51. The van der Waals surface area contributed by atoms with Crippen molar-refractivity contribution in [2.45, 2.75) is 45.1 Å². The molecular formula is C13H19BrO2.